The van der Waals surface area contributed by atoms with Crippen LogP contribution in [0.1, 0.15) is 26.2 Å². The topological polar surface area (TPSA) is 32.8 Å². The molecule has 4 nitrogen and oxygen atoms in total. The van der Waals surface area contributed by atoms with Crippen LogP contribution >= 0.6 is 0 Å². The fourth-order valence-corrected chi connectivity index (χ4v) is 2.13. The number of hydrogen-bond acceptors (Lipinski definition) is 3. The minimum Gasteiger partial charge on any atom is -0.375 e. The summed E-state index contributed by atoms with van der Waals surface area (Å²) in [5, 5.41) is 0. The third-order valence-corrected chi connectivity index (χ3v) is 3.19. The second-order valence-electron chi connectivity index (χ2n) is 4.73. The summed E-state index contributed by atoms with van der Waals surface area (Å²) in [6.07, 6.45) is 7.91. The molecule has 0 unspecified atom stereocenters. The van der Waals surface area contributed by atoms with Crippen molar-refractivity contribution in [2.24, 2.45) is 0 Å². The molecule has 1 aliphatic rings. The Morgan fingerprint density at radius 2 is 2.06 bits per heavy atom. The molecule has 0 saturated carbocycles. The molecule has 1 rings (SSSR count). The molecule has 18 heavy (non-hydrogen) atoms. The zero-order valence-corrected chi connectivity index (χ0v) is 11.7. The van der Waals surface area contributed by atoms with Gasteiger partial charge in [-0.05, 0) is 12.8 Å². The Balaban J connectivity index is 2.30. The lowest BCUT2D eigenvalue weighted by Gasteiger charge is -2.20. The van der Waals surface area contributed by atoms with Crippen molar-refractivity contribution in [3.63, 3.8) is 0 Å². The predicted octanol–water partition coefficient (Wildman–Crippen LogP) is 1.52. The highest BCUT2D eigenvalue weighted by Gasteiger charge is 2.17. The van der Waals surface area contributed by atoms with Gasteiger partial charge in [0.1, 0.15) is 6.61 Å². The van der Waals surface area contributed by atoms with Gasteiger partial charge < -0.3 is 9.64 Å². The summed E-state index contributed by atoms with van der Waals surface area (Å²) in [7, 11) is 1.57. The average molecular weight is 254 g/mol. The molecule has 4 heteroatoms. The van der Waals surface area contributed by atoms with Gasteiger partial charge in [0.25, 0.3) is 0 Å². The maximum atomic E-state index is 11.7. The van der Waals surface area contributed by atoms with Gasteiger partial charge in [-0.2, -0.15) is 0 Å². The standard InChI is InChI=1S/C14H26N2O2/c1-3-4-5-6-8-15-9-7-10-16(12-11-15)14(17)13-18-2/h5-6H,3-4,7-13H2,1-2H3/b6-5+. The lowest BCUT2D eigenvalue weighted by Crippen LogP contribution is -2.37. The highest BCUT2D eigenvalue weighted by molar-refractivity contribution is 5.77. The zero-order chi connectivity index (χ0) is 13.2. The molecule has 0 bridgehead atoms. The number of rotatable bonds is 6. The molecule has 1 amide bonds. The number of unbranched alkanes of at least 4 members (excludes halogenated alkanes) is 1. The molecule has 0 aromatic rings. The highest BCUT2D eigenvalue weighted by Crippen LogP contribution is 2.04. The van der Waals surface area contributed by atoms with E-state index in [4.69, 9.17) is 4.74 Å². The number of carbonyl (C=O) groups excluding carboxylic acids is 1. The van der Waals surface area contributed by atoms with Crippen molar-refractivity contribution in [2.75, 3.05) is 46.4 Å². The molecule has 1 heterocycles. The van der Waals surface area contributed by atoms with Crippen LogP contribution in [0.5, 0.6) is 0 Å². The molecular weight excluding hydrogens is 228 g/mol. The summed E-state index contributed by atoms with van der Waals surface area (Å²) >= 11 is 0. The van der Waals surface area contributed by atoms with E-state index in [-0.39, 0.29) is 12.5 Å². The maximum Gasteiger partial charge on any atom is 0.248 e. The first-order valence-electron chi connectivity index (χ1n) is 6.92. The third-order valence-electron chi connectivity index (χ3n) is 3.19. The summed E-state index contributed by atoms with van der Waals surface area (Å²) in [5.41, 5.74) is 0. The molecule has 0 aromatic carbocycles. The van der Waals surface area contributed by atoms with E-state index in [9.17, 15) is 4.79 Å². The molecule has 0 aromatic heterocycles. The summed E-state index contributed by atoms with van der Waals surface area (Å²) in [6, 6.07) is 0. The molecule has 0 radical (unpaired) electrons. The second kappa shape index (κ2) is 9.11. The van der Waals surface area contributed by atoms with Crippen molar-refractivity contribution < 1.29 is 9.53 Å². The molecule has 1 aliphatic heterocycles. The lowest BCUT2D eigenvalue weighted by atomic mass is 10.3. The molecule has 0 atom stereocenters. The fraction of sp³-hybridized carbons (Fsp3) is 0.786. The Morgan fingerprint density at radius 1 is 1.22 bits per heavy atom. The summed E-state index contributed by atoms with van der Waals surface area (Å²) in [5.74, 6) is 0.112. The van der Waals surface area contributed by atoms with Crippen LogP contribution in [0.4, 0.5) is 0 Å². The van der Waals surface area contributed by atoms with Gasteiger partial charge in [-0.25, -0.2) is 0 Å². The first-order chi connectivity index (χ1) is 8.77. The van der Waals surface area contributed by atoms with E-state index in [1.165, 1.54) is 6.42 Å². The van der Waals surface area contributed by atoms with Crippen LogP contribution in [-0.2, 0) is 9.53 Å². The summed E-state index contributed by atoms with van der Waals surface area (Å²) in [6.45, 7) is 7.12. The molecule has 104 valence electrons. The van der Waals surface area contributed by atoms with Crippen LogP contribution in [0, 0.1) is 0 Å². The van der Waals surface area contributed by atoms with E-state index in [1.54, 1.807) is 7.11 Å². The average Bonchev–Trinajstić information content (AvgIpc) is 2.60. The molecule has 0 spiro atoms. The second-order valence-corrected chi connectivity index (χ2v) is 4.73. The molecule has 1 fully saturated rings. The van der Waals surface area contributed by atoms with Crippen LogP contribution in [0.3, 0.4) is 0 Å². The van der Waals surface area contributed by atoms with Crippen molar-refractivity contribution in [1.82, 2.24) is 9.80 Å². The number of nitrogens with zero attached hydrogens (tertiary/aromatic N) is 2. The van der Waals surface area contributed by atoms with Crippen LogP contribution in [0.2, 0.25) is 0 Å². The molecule has 0 N–H and O–H groups in total. The molecule has 1 saturated heterocycles. The smallest absolute Gasteiger partial charge is 0.248 e. The Hall–Kier alpha value is -0.870. The van der Waals surface area contributed by atoms with E-state index in [2.05, 4.69) is 24.0 Å². The van der Waals surface area contributed by atoms with Crippen LogP contribution < -0.4 is 0 Å². The summed E-state index contributed by atoms with van der Waals surface area (Å²) < 4.78 is 4.90. The Morgan fingerprint density at radius 3 is 2.78 bits per heavy atom. The number of methoxy groups -OCH3 is 1. The number of carbonyl (C=O) groups is 1. The number of amides is 1. The van der Waals surface area contributed by atoms with Crippen molar-refractivity contribution in [2.45, 2.75) is 26.2 Å². The van der Waals surface area contributed by atoms with Gasteiger partial charge in [-0.1, -0.05) is 25.5 Å². The van der Waals surface area contributed by atoms with Crippen LogP contribution in [-0.4, -0.2) is 62.1 Å². The maximum absolute atomic E-state index is 11.7. The van der Waals surface area contributed by atoms with E-state index >= 15 is 0 Å². The van der Waals surface area contributed by atoms with Crippen LogP contribution in [0.25, 0.3) is 0 Å². The van der Waals surface area contributed by atoms with E-state index in [0.717, 1.165) is 45.6 Å². The third kappa shape index (κ3) is 5.65. The predicted molar refractivity (Wildman–Crippen MR) is 73.6 cm³/mol. The first kappa shape index (κ1) is 15.2. The molecule has 0 aliphatic carbocycles. The largest absolute Gasteiger partial charge is 0.375 e. The highest BCUT2D eigenvalue weighted by atomic mass is 16.5. The van der Waals surface area contributed by atoms with Gasteiger partial charge >= 0.3 is 0 Å². The number of hydrogen-bond donors (Lipinski definition) is 0. The van der Waals surface area contributed by atoms with Gasteiger partial charge in [0.15, 0.2) is 0 Å². The monoisotopic (exact) mass is 254 g/mol. The fourth-order valence-electron chi connectivity index (χ4n) is 2.13. The Bertz CT molecular complexity index is 267. The van der Waals surface area contributed by atoms with Crippen LogP contribution in [0.15, 0.2) is 12.2 Å². The number of ether oxygens (including phenoxy) is 1. The van der Waals surface area contributed by atoms with Crippen molar-refractivity contribution in [3.05, 3.63) is 12.2 Å². The molecular formula is C14H26N2O2. The van der Waals surface area contributed by atoms with E-state index < -0.39 is 0 Å². The Kier molecular flexibility index (Phi) is 7.69. The Labute approximate surface area is 111 Å². The lowest BCUT2D eigenvalue weighted by molar-refractivity contribution is -0.135. The van der Waals surface area contributed by atoms with Gasteiger partial charge in [-0.15, -0.1) is 0 Å². The van der Waals surface area contributed by atoms with Crippen molar-refractivity contribution >= 4 is 5.91 Å². The zero-order valence-electron chi connectivity index (χ0n) is 11.7. The quantitative estimate of drug-likeness (QED) is 0.674. The first-order valence-corrected chi connectivity index (χ1v) is 6.92. The van der Waals surface area contributed by atoms with Gasteiger partial charge in [0, 0.05) is 39.8 Å². The van der Waals surface area contributed by atoms with Crippen molar-refractivity contribution in [3.8, 4) is 0 Å². The minimum atomic E-state index is 0.112. The normalized spacial score (nSPS) is 18.2. The SMILES string of the molecule is CCC/C=C/CN1CCCN(C(=O)COC)CC1. The van der Waals surface area contributed by atoms with Gasteiger partial charge in [0.05, 0.1) is 0 Å². The minimum absolute atomic E-state index is 0.112. The van der Waals surface area contributed by atoms with Gasteiger partial charge in [0.2, 0.25) is 5.91 Å². The number of allylic oxidation sites excluding steroid dienone is 1. The summed E-state index contributed by atoms with van der Waals surface area (Å²) in [4.78, 5) is 16.1. The van der Waals surface area contributed by atoms with E-state index in [1.807, 2.05) is 4.90 Å². The van der Waals surface area contributed by atoms with E-state index in [0.29, 0.717) is 0 Å². The van der Waals surface area contributed by atoms with Gasteiger partial charge in [-0.3, -0.25) is 9.69 Å². The van der Waals surface area contributed by atoms with Crippen molar-refractivity contribution in [1.29, 1.82) is 0 Å².